The average molecular weight is 277 g/mol. The third-order valence-electron chi connectivity index (χ3n) is 2.73. The van der Waals surface area contributed by atoms with E-state index in [4.69, 9.17) is 13.4 Å². The number of nitrogens with one attached hydrogen (secondary N) is 1. The quantitative estimate of drug-likeness (QED) is 0.495. The SMILES string of the molecule is O=C1O[B-]2(NCCO2)OS(=O)(=O)c2ccccc21.[Li+]. The molecule has 0 saturated carbocycles. The van der Waals surface area contributed by atoms with Crippen LogP contribution in [-0.4, -0.2) is 34.4 Å². The zero-order valence-corrected chi connectivity index (χ0v) is 11.0. The Morgan fingerprint density at radius 2 is 2.00 bits per heavy atom. The maximum atomic E-state index is 12.0. The molecule has 2 heterocycles. The first-order chi connectivity index (χ1) is 8.53. The molecule has 0 amide bonds. The average Bonchev–Trinajstić information content (AvgIpc) is 2.73. The van der Waals surface area contributed by atoms with E-state index in [-0.39, 0.29) is 35.9 Å². The van der Waals surface area contributed by atoms with E-state index in [1.54, 1.807) is 6.07 Å². The molecule has 1 saturated heterocycles. The van der Waals surface area contributed by atoms with Gasteiger partial charge < -0.3 is 18.6 Å². The van der Waals surface area contributed by atoms with Gasteiger partial charge in [0, 0.05) is 6.61 Å². The Hall–Kier alpha value is -0.818. The van der Waals surface area contributed by atoms with Crippen LogP contribution in [0.15, 0.2) is 29.2 Å². The Morgan fingerprint density at radius 1 is 1.26 bits per heavy atom. The van der Waals surface area contributed by atoms with Crippen LogP contribution in [0.1, 0.15) is 10.4 Å². The number of hydrogen-bond donors (Lipinski definition) is 1. The second kappa shape index (κ2) is 4.94. The van der Waals surface area contributed by atoms with Crippen LogP contribution < -0.4 is 24.1 Å². The number of carbonyl (C=O) groups excluding carboxylic acids is 1. The Labute approximate surface area is 121 Å². The Kier molecular flexibility index (Phi) is 3.79. The summed E-state index contributed by atoms with van der Waals surface area (Å²) in [5.74, 6) is -0.791. The molecule has 1 fully saturated rings. The number of rotatable bonds is 0. The van der Waals surface area contributed by atoms with Gasteiger partial charge in [-0.15, -0.1) is 0 Å². The Morgan fingerprint density at radius 3 is 2.68 bits per heavy atom. The van der Waals surface area contributed by atoms with Gasteiger partial charge in [0.2, 0.25) is 0 Å². The maximum Gasteiger partial charge on any atom is 1.00 e. The summed E-state index contributed by atoms with van der Waals surface area (Å²) in [5.41, 5.74) is -0.0615. The molecule has 1 spiro atoms. The number of hydrogen-bond acceptors (Lipinski definition) is 7. The maximum absolute atomic E-state index is 12.0. The van der Waals surface area contributed by atoms with Crippen LogP contribution in [0, 0.1) is 0 Å². The minimum atomic E-state index is -4.11. The van der Waals surface area contributed by atoms with Crippen molar-refractivity contribution in [2.24, 2.45) is 0 Å². The minimum absolute atomic E-state index is 0. The monoisotopic (exact) mass is 277 g/mol. The smallest absolute Gasteiger partial charge is 0.626 e. The first-order valence-electron chi connectivity index (χ1n) is 5.33. The van der Waals surface area contributed by atoms with Crippen LogP contribution >= 0.6 is 0 Å². The van der Waals surface area contributed by atoms with Gasteiger partial charge in [0.1, 0.15) is 4.90 Å². The van der Waals surface area contributed by atoms with E-state index in [1.807, 2.05) is 0 Å². The second-order valence-corrected chi connectivity index (χ2v) is 5.46. The van der Waals surface area contributed by atoms with E-state index < -0.39 is 23.0 Å². The molecule has 1 atom stereocenters. The van der Waals surface area contributed by atoms with Crippen LogP contribution in [-0.2, 0) is 23.5 Å². The molecule has 0 aromatic heterocycles. The molecule has 7 nitrogen and oxygen atoms in total. The second-order valence-electron chi connectivity index (χ2n) is 3.92. The van der Waals surface area contributed by atoms with Gasteiger partial charge in [0.25, 0.3) is 16.1 Å². The van der Waals surface area contributed by atoms with Crippen LogP contribution in [0.25, 0.3) is 0 Å². The van der Waals surface area contributed by atoms with Gasteiger partial charge in [0.05, 0.1) is 5.56 Å². The molecule has 3 rings (SSSR count). The number of fused-ring (bicyclic) bond motifs is 1. The third-order valence-corrected chi connectivity index (χ3v) is 4.13. The first-order valence-corrected chi connectivity index (χ1v) is 6.74. The molecule has 0 bridgehead atoms. The summed E-state index contributed by atoms with van der Waals surface area (Å²) in [4.78, 5) is 11.7. The number of carbonyl (C=O) groups is 1. The van der Waals surface area contributed by atoms with E-state index in [0.29, 0.717) is 6.54 Å². The van der Waals surface area contributed by atoms with Crippen molar-refractivity contribution in [1.82, 2.24) is 5.23 Å². The van der Waals surface area contributed by atoms with Gasteiger partial charge in [0.15, 0.2) is 0 Å². The van der Waals surface area contributed by atoms with E-state index in [9.17, 15) is 13.2 Å². The molecular formula is C9H9BLiNO6S. The molecule has 2 aliphatic heterocycles. The van der Waals surface area contributed by atoms with E-state index in [1.165, 1.54) is 18.2 Å². The zero-order chi connectivity index (χ0) is 12.8. The standard InChI is InChI=1S/C9H9BNO6S.Li/c12-9-7-3-1-2-4-8(7)18(13,14)17-10(16-9)11-5-6-15-10;/h1-4,11H,5-6H2;/q-1;+1. The minimum Gasteiger partial charge on any atom is -0.626 e. The van der Waals surface area contributed by atoms with Gasteiger partial charge >= 0.3 is 25.7 Å². The van der Waals surface area contributed by atoms with E-state index >= 15 is 0 Å². The summed E-state index contributed by atoms with van der Waals surface area (Å²) in [6, 6.07) is 5.70. The van der Waals surface area contributed by atoms with Crippen molar-refractivity contribution < 1.29 is 45.5 Å². The van der Waals surface area contributed by atoms with Crippen molar-refractivity contribution in [3.05, 3.63) is 29.8 Å². The first kappa shape index (κ1) is 14.6. The third kappa shape index (κ3) is 2.45. The summed E-state index contributed by atoms with van der Waals surface area (Å²) in [6.45, 7) is -2.22. The van der Waals surface area contributed by atoms with Gasteiger partial charge in [-0.3, -0.25) is 4.79 Å². The van der Waals surface area contributed by atoms with Gasteiger partial charge in [-0.1, -0.05) is 12.1 Å². The van der Waals surface area contributed by atoms with Gasteiger partial charge in [-0.25, -0.2) is 0 Å². The van der Waals surface area contributed by atoms with Crippen molar-refractivity contribution in [1.29, 1.82) is 0 Å². The molecule has 19 heavy (non-hydrogen) atoms. The van der Waals surface area contributed by atoms with Crippen LogP contribution in [0.3, 0.4) is 0 Å². The fourth-order valence-corrected chi connectivity index (χ4v) is 3.21. The van der Waals surface area contributed by atoms with Crippen molar-refractivity contribution in [2.75, 3.05) is 13.2 Å². The summed E-state index contributed by atoms with van der Waals surface area (Å²) < 4.78 is 39.1. The molecule has 2 aliphatic rings. The fourth-order valence-electron chi connectivity index (χ4n) is 1.94. The Bertz CT molecular complexity index is 615. The summed E-state index contributed by atoms with van der Waals surface area (Å²) >= 11 is 0. The molecule has 1 N–H and O–H groups in total. The predicted octanol–water partition coefficient (Wildman–Crippen LogP) is -3.38. The van der Waals surface area contributed by atoms with E-state index in [0.717, 1.165) is 0 Å². The van der Waals surface area contributed by atoms with Crippen molar-refractivity contribution in [2.45, 2.75) is 4.90 Å². The predicted molar refractivity (Wildman–Crippen MR) is 59.8 cm³/mol. The van der Waals surface area contributed by atoms with Crippen LogP contribution in [0.2, 0.25) is 0 Å². The van der Waals surface area contributed by atoms with Gasteiger partial charge in [-0.05, 0) is 18.7 Å². The molecular weight excluding hydrogens is 268 g/mol. The molecule has 96 valence electrons. The largest absolute Gasteiger partial charge is 1.00 e. The summed E-state index contributed by atoms with van der Waals surface area (Å²) in [7, 11) is -4.11. The molecule has 0 aliphatic carbocycles. The van der Waals surface area contributed by atoms with Crippen molar-refractivity contribution in [3.63, 3.8) is 0 Å². The molecule has 1 unspecified atom stereocenters. The van der Waals surface area contributed by atoms with Crippen LogP contribution in [0.5, 0.6) is 0 Å². The molecule has 0 radical (unpaired) electrons. The van der Waals surface area contributed by atoms with Crippen molar-refractivity contribution in [3.8, 4) is 0 Å². The molecule has 1 aromatic rings. The Balaban J connectivity index is 0.00000133. The summed E-state index contributed by atoms with van der Waals surface area (Å²) in [5, 5.41) is 2.63. The summed E-state index contributed by atoms with van der Waals surface area (Å²) in [6.07, 6.45) is 0. The molecule has 1 aromatic carbocycles. The normalized spacial score (nSPS) is 28.1. The van der Waals surface area contributed by atoms with E-state index in [2.05, 4.69) is 5.23 Å². The number of benzene rings is 1. The zero-order valence-electron chi connectivity index (χ0n) is 10.2. The fraction of sp³-hybridized carbons (Fsp3) is 0.222. The van der Waals surface area contributed by atoms with Crippen molar-refractivity contribution >= 4 is 23.0 Å². The van der Waals surface area contributed by atoms with Gasteiger partial charge in [-0.2, -0.15) is 8.42 Å². The van der Waals surface area contributed by atoms with Crippen LogP contribution in [0.4, 0.5) is 0 Å². The molecule has 10 heteroatoms. The topological polar surface area (TPSA) is 90.9 Å².